The number of Topliss-reactive ketones (excluding diaryl/α,β-unsaturated/α-hetero) is 1. The number of hydrogen-bond donors (Lipinski definition) is 1. The zero-order valence-electron chi connectivity index (χ0n) is 13.3. The van der Waals surface area contributed by atoms with Crippen LogP contribution in [0.4, 0.5) is 5.69 Å². The lowest BCUT2D eigenvalue weighted by atomic mass is 10.1. The molecule has 0 aliphatic rings. The van der Waals surface area contributed by atoms with Crippen molar-refractivity contribution in [2.45, 2.75) is 24.0 Å². The first-order valence-electron chi connectivity index (χ1n) is 7.22. The van der Waals surface area contributed by atoms with Crippen molar-refractivity contribution in [1.29, 1.82) is 0 Å². The third-order valence-corrected chi connectivity index (χ3v) is 4.39. The van der Waals surface area contributed by atoms with E-state index in [2.05, 4.69) is 5.32 Å². The summed E-state index contributed by atoms with van der Waals surface area (Å²) in [5.41, 5.74) is 1.21. The molecule has 0 aromatic heterocycles. The van der Waals surface area contributed by atoms with Crippen molar-refractivity contribution in [3.05, 3.63) is 54.1 Å². The zero-order valence-corrected chi connectivity index (χ0v) is 14.1. The molecule has 120 valence electrons. The molecule has 2 rings (SSSR count). The maximum Gasteiger partial charge on any atom is 0.237 e. The molecule has 1 amide bonds. The number of carbonyl (C=O) groups excluding carboxylic acids is 2. The number of benzene rings is 2. The van der Waals surface area contributed by atoms with Gasteiger partial charge < -0.3 is 10.1 Å². The second-order valence-corrected chi connectivity index (χ2v) is 6.48. The van der Waals surface area contributed by atoms with Crippen molar-refractivity contribution in [2.75, 3.05) is 12.4 Å². The number of rotatable bonds is 6. The normalized spacial score (nSPS) is 11.6. The molecular weight excluding hydrogens is 310 g/mol. The smallest absolute Gasteiger partial charge is 0.237 e. The van der Waals surface area contributed by atoms with E-state index in [1.54, 1.807) is 31.4 Å². The van der Waals surface area contributed by atoms with Crippen LogP contribution in [0.5, 0.6) is 5.75 Å². The average Bonchev–Trinajstić information content (AvgIpc) is 2.55. The predicted molar refractivity (Wildman–Crippen MR) is 93.4 cm³/mol. The molecule has 0 spiro atoms. The van der Waals surface area contributed by atoms with E-state index in [0.717, 1.165) is 10.6 Å². The lowest BCUT2D eigenvalue weighted by molar-refractivity contribution is -0.115. The molecule has 0 aliphatic heterocycles. The van der Waals surface area contributed by atoms with Crippen LogP contribution in [0.15, 0.2) is 53.4 Å². The summed E-state index contributed by atoms with van der Waals surface area (Å²) in [6.45, 7) is 3.35. The lowest BCUT2D eigenvalue weighted by Crippen LogP contribution is -2.22. The van der Waals surface area contributed by atoms with Gasteiger partial charge in [0.05, 0.1) is 12.4 Å². The van der Waals surface area contributed by atoms with Crippen LogP contribution in [0.3, 0.4) is 0 Å². The lowest BCUT2D eigenvalue weighted by Gasteiger charge is -2.12. The number of nitrogens with one attached hydrogen (secondary N) is 1. The van der Waals surface area contributed by atoms with Gasteiger partial charge in [0.15, 0.2) is 5.78 Å². The van der Waals surface area contributed by atoms with E-state index in [-0.39, 0.29) is 16.9 Å². The molecule has 0 fully saturated rings. The van der Waals surface area contributed by atoms with E-state index in [0.29, 0.717) is 11.3 Å². The highest BCUT2D eigenvalue weighted by Gasteiger charge is 2.15. The van der Waals surface area contributed by atoms with E-state index < -0.39 is 0 Å². The highest BCUT2D eigenvalue weighted by molar-refractivity contribution is 8.00. The molecule has 0 saturated heterocycles. The number of carbonyl (C=O) groups is 2. The maximum atomic E-state index is 12.3. The molecule has 0 radical (unpaired) electrons. The monoisotopic (exact) mass is 329 g/mol. The molecule has 0 heterocycles. The van der Waals surface area contributed by atoms with Crippen molar-refractivity contribution in [3.63, 3.8) is 0 Å². The molecular formula is C18H19NO3S. The minimum Gasteiger partial charge on any atom is -0.497 e. The first kappa shape index (κ1) is 17.1. The van der Waals surface area contributed by atoms with E-state index in [4.69, 9.17) is 4.74 Å². The summed E-state index contributed by atoms with van der Waals surface area (Å²) in [6, 6.07) is 14.5. The van der Waals surface area contributed by atoms with Gasteiger partial charge in [-0.15, -0.1) is 11.8 Å². The van der Waals surface area contributed by atoms with E-state index in [1.807, 2.05) is 31.2 Å². The third-order valence-electron chi connectivity index (χ3n) is 3.28. The van der Waals surface area contributed by atoms with Crippen LogP contribution < -0.4 is 10.1 Å². The molecule has 1 N–H and O–H groups in total. The largest absolute Gasteiger partial charge is 0.497 e. The third kappa shape index (κ3) is 4.86. The minimum absolute atomic E-state index is 0.0262. The SMILES string of the molecule is COc1ccc(SC(C)C(=O)Nc2cccc(C(C)=O)c2)cc1. The zero-order chi connectivity index (χ0) is 16.8. The standard InChI is InChI=1S/C18H19NO3S/c1-12(20)14-5-4-6-15(11-14)19-18(21)13(2)23-17-9-7-16(22-3)8-10-17/h4-11,13H,1-3H3,(H,19,21). The maximum absolute atomic E-state index is 12.3. The van der Waals surface area contributed by atoms with Gasteiger partial charge in [-0.3, -0.25) is 9.59 Å². The molecule has 2 aromatic carbocycles. The topological polar surface area (TPSA) is 55.4 Å². The molecule has 0 saturated carbocycles. The van der Waals surface area contributed by atoms with Gasteiger partial charge in [-0.25, -0.2) is 0 Å². The number of methoxy groups -OCH3 is 1. The van der Waals surface area contributed by atoms with Gasteiger partial charge in [-0.2, -0.15) is 0 Å². The van der Waals surface area contributed by atoms with E-state index in [9.17, 15) is 9.59 Å². The Morgan fingerprint density at radius 2 is 1.83 bits per heavy atom. The predicted octanol–water partition coefficient (Wildman–Crippen LogP) is 4.02. The summed E-state index contributed by atoms with van der Waals surface area (Å²) in [4.78, 5) is 24.7. The van der Waals surface area contributed by atoms with Crippen LogP contribution in [0.25, 0.3) is 0 Å². The van der Waals surface area contributed by atoms with Gasteiger partial charge in [0.2, 0.25) is 5.91 Å². The van der Waals surface area contributed by atoms with Crippen LogP contribution in [0, 0.1) is 0 Å². The van der Waals surface area contributed by atoms with Gasteiger partial charge in [-0.05, 0) is 50.2 Å². The first-order valence-corrected chi connectivity index (χ1v) is 8.10. The van der Waals surface area contributed by atoms with Crippen LogP contribution in [0.2, 0.25) is 0 Å². The van der Waals surface area contributed by atoms with Crippen LogP contribution in [-0.2, 0) is 4.79 Å². The Labute approximate surface area is 140 Å². The van der Waals surface area contributed by atoms with E-state index >= 15 is 0 Å². The number of thioether (sulfide) groups is 1. The molecule has 0 bridgehead atoms. The number of amides is 1. The van der Waals surface area contributed by atoms with Gasteiger partial charge in [0.1, 0.15) is 5.75 Å². The van der Waals surface area contributed by atoms with Crippen molar-refractivity contribution in [1.82, 2.24) is 0 Å². The number of hydrogen-bond acceptors (Lipinski definition) is 4. The Morgan fingerprint density at radius 1 is 1.13 bits per heavy atom. The fourth-order valence-electron chi connectivity index (χ4n) is 1.97. The molecule has 0 aliphatic carbocycles. The molecule has 23 heavy (non-hydrogen) atoms. The Balaban J connectivity index is 1.99. The number of anilines is 1. The summed E-state index contributed by atoms with van der Waals surface area (Å²) in [7, 11) is 1.62. The first-order chi connectivity index (χ1) is 11.0. The second kappa shape index (κ2) is 7.83. The minimum atomic E-state index is -0.260. The summed E-state index contributed by atoms with van der Waals surface area (Å²) >= 11 is 1.47. The summed E-state index contributed by atoms with van der Waals surface area (Å²) in [5, 5.41) is 2.58. The Kier molecular flexibility index (Phi) is 5.82. The Bertz CT molecular complexity index is 698. The number of ether oxygens (including phenoxy) is 1. The fraction of sp³-hybridized carbons (Fsp3) is 0.222. The average molecular weight is 329 g/mol. The quantitative estimate of drug-likeness (QED) is 0.642. The summed E-state index contributed by atoms with van der Waals surface area (Å²) in [5.74, 6) is 0.653. The van der Waals surface area contributed by atoms with Gasteiger partial charge in [0.25, 0.3) is 0 Å². The molecule has 4 nitrogen and oxygen atoms in total. The Hall–Kier alpha value is -2.27. The highest BCUT2D eigenvalue weighted by Crippen LogP contribution is 2.26. The summed E-state index contributed by atoms with van der Waals surface area (Å²) < 4.78 is 5.12. The molecule has 5 heteroatoms. The van der Waals surface area contributed by atoms with Crippen molar-refractivity contribution in [3.8, 4) is 5.75 Å². The highest BCUT2D eigenvalue weighted by atomic mass is 32.2. The van der Waals surface area contributed by atoms with Crippen molar-refractivity contribution >= 4 is 29.1 Å². The Morgan fingerprint density at radius 3 is 2.43 bits per heavy atom. The molecule has 1 atom stereocenters. The van der Waals surface area contributed by atoms with Crippen LogP contribution in [0.1, 0.15) is 24.2 Å². The van der Waals surface area contributed by atoms with Crippen LogP contribution in [-0.4, -0.2) is 24.1 Å². The van der Waals surface area contributed by atoms with Crippen molar-refractivity contribution < 1.29 is 14.3 Å². The molecule has 1 unspecified atom stereocenters. The number of ketones is 1. The fourth-order valence-corrected chi connectivity index (χ4v) is 2.84. The van der Waals surface area contributed by atoms with Gasteiger partial charge in [0, 0.05) is 16.1 Å². The second-order valence-electron chi connectivity index (χ2n) is 5.06. The van der Waals surface area contributed by atoms with Crippen LogP contribution >= 0.6 is 11.8 Å². The van der Waals surface area contributed by atoms with Gasteiger partial charge >= 0.3 is 0 Å². The van der Waals surface area contributed by atoms with E-state index in [1.165, 1.54) is 18.7 Å². The van der Waals surface area contributed by atoms with Gasteiger partial charge in [-0.1, -0.05) is 12.1 Å². The van der Waals surface area contributed by atoms with Crippen molar-refractivity contribution in [2.24, 2.45) is 0 Å². The molecule has 2 aromatic rings. The summed E-state index contributed by atoms with van der Waals surface area (Å²) in [6.07, 6.45) is 0.